The molecule has 1 aromatic carbocycles. The van der Waals surface area contributed by atoms with E-state index < -0.39 is 19.1 Å². The van der Waals surface area contributed by atoms with Crippen molar-refractivity contribution in [2.24, 2.45) is 0 Å². The van der Waals surface area contributed by atoms with Crippen LogP contribution in [0.15, 0.2) is 23.1 Å². The molecule has 0 aliphatic carbocycles. The van der Waals surface area contributed by atoms with E-state index in [1.54, 1.807) is 6.92 Å². The lowest BCUT2D eigenvalue weighted by Gasteiger charge is -2.17. The SMILES string of the molecule is Cc1cc(N(C)S(C)(=O)=O)ccc1S(=O)(=O)Cl. The normalized spacial score (nSPS) is 12.5. The van der Waals surface area contributed by atoms with E-state index in [-0.39, 0.29) is 4.90 Å². The van der Waals surface area contributed by atoms with E-state index in [0.29, 0.717) is 11.3 Å². The van der Waals surface area contributed by atoms with E-state index in [9.17, 15) is 16.8 Å². The molecule has 1 rings (SSSR count). The van der Waals surface area contributed by atoms with Crippen molar-refractivity contribution in [2.75, 3.05) is 17.6 Å². The molecule has 0 aliphatic heterocycles. The summed E-state index contributed by atoms with van der Waals surface area (Å²) in [6, 6.07) is 4.13. The molecular weight excluding hydrogens is 286 g/mol. The molecule has 8 heteroatoms. The van der Waals surface area contributed by atoms with Gasteiger partial charge in [0, 0.05) is 17.7 Å². The van der Waals surface area contributed by atoms with Gasteiger partial charge < -0.3 is 0 Å². The van der Waals surface area contributed by atoms with Gasteiger partial charge in [-0.3, -0.25) is 4.31 Å². The molecule has 0 amide bonds. The highest BCUT2D eigenvalue weighted by atomic mass is 35.7. The van der Waals surface area contributed by atoms with Crippen molar-refractivity contribution in [1.29, 1.82) is 0 Å². The second-order valence-corrected chi connectivity index (χ2v) is 8.17. The number of halogens is 1. The number of aryl methyl sites for hydroxylation is 1. The van der Waals surface area contributed by atoms with Gasteiger partial charge in [0.15, 0.2) is 0 Å². The summed E-state index contributed by atoms with van der Waals surface area (Å²) in [7, 11) is -0.563. The summed E-state index contributed by atoms with van der Waals surface area (Å²) in [5, 5.41) is 0. The van der Waals surface area contributed by atoms with Gasteiger partial charge in [-0.2, -0.15) is 0 Å². The van der Waals surface area contributed by atoms with Crippen molar-refractivity contribution in [2.45, 2.75) is 11.8 Å². The van der Waals surface area contributed by atoms with Crippen LogP contribution in [0.5, 0.6) is 0 Å². The first-order chi connectivity index (χ1) is 7.53. The van der Waals surface area contributed by atoms with Crippen LogP contribution in [0.4, 0.5) is 5.69 Å². The summed E-state index contributed by atoms with van der Waals surface area (Å²) < 4.78 is 46.0. The minimum absolute atomic E-state index is 0.0233. The Kier molecular flexibility index (Phi) is 3.75. The molecule has 0 saturated carbocycles. The minimum atomic E-state index is -3.81. The zero-order valence-electron chi connectivity index (χ0n) is 9.51. The number of rotatable bonds is 3. The first-order valence-corrected chi connectivity index (χ1v) is 8.68. The average molecular weight is 298 g/mol. The fourth-order valence-electron chi connectivity index (χ4n) is 1.29. The largest absolute Gasteiger partial charge is 0.274 e. The smallest absolute Gasteiger partial charge is 0.261 e. The van der Waals surface area contributed by atoms with Gasteiger partial charge in [0.2, 0.25) is 10.0 Å². The Morgan fingerprint density at radius 1 is 1.18 bits per heavy atom. The summed E-state index contributed by atoms with van der Waals surface area (Å²) in [5.41, 5.74) is 0.780. The van der Waals surface area contributed by atoms with Gasteiger partial charge in [-0.1, -0.05) is 0 Å². The molecule has 0 saturated heterocycles. The van der Waals surface area contributed by atoms with Crippen molar-refractivity contribution in [3.8, 4) is 0 Å². The maximum atomic E-state index is 11.3. The highest BCUT2D eigenvalue weighted by Gasteiger charge is 2.17. The van der Waals surface area contributed by atoms with Gasteiger partial charge in [0.25, 0.3) is 9.05 Å². The highest BCUT2D eigenvalue weighted by molar-refractivity contribution is 8.13. The molecule has 0 unspecified atom stereocenters. The maximum absolute atomic E-state index is 11.3. The van der Waals surface area contributed by atoms with Crippen LogP contribution in [0, 0.1) is 6.92 Å². The van der Waals surface area contributed by atoms with E-state index in [0.717, 1.165) is 10.6 Å². The fourth-order valence-corrected chi connectivity index (χ4v) is 2.98. The van der Waals surface area contributed by atoms with Crippen LogP contribution >= 0.6 is 10.7 Å². The molecule has 0 spiro atoms. The van der Waals surface area contributed by atoms with Gasteiger partial charge in [-0.25, -0.2) is 16.8 Å². The predicted molar refractivity (Wildman–Crippen MR) is 67.5 cm³/mol. The van der Waals surface area contributed by atoms with Crippen molar-refractivity contribution < 1.29 is 16.8 Å². The molecule has 0 N–H and O–H groups in total. The Balaban J connectivity index is 3.33. The number of nitrogens with zero attached hydrogens (tertiary/aromatic N) is 1. The Labute approximate surface area is 105 Å². The number of sulfonamides is 1. The highest BCUT2D eigenvalue weighted by Crippen LogP contribution is 2.25. The molecule has 0 aliphatic rings. The van der Waals surface area contributed by atoms with Crippen LogP contribution in [0.1, 0.15) is 5.56 Å². The lowest BCUT2D eigenvalue weighted by molar-refractivity contribution is 0.600. The average Bonchev–Trinajstić information content (AvgIpc) is 2.12. The molecule has 1 aromatic rings. The van der Waals surface area contributed by atoms with Gasteiger partial charge in [0.05, 0.1) is 16.8 Å². The quantitative estimate of drug-likeness (QED) is 0.789. The molecule has 0 atom stereocenters. The van der Waals surface area contributed by atoms with Crippen LogP contribution in [0.25, 0.3) is 0 Å². The zero-order chi connectivity index (χ0) is 13.4. The molecule has 96 valence electrons. The number of anilines is 1. The van der Waals surface area contributed by atoms with Crippen molar-refractivity contribution in [3.63, 3.8) is 0 Å². The molecule has 0 aromatic heterocycles. The fraction of sp³-hybridized carbons (Fsp3) is 0.333. The third-order valence-corrected chi connectivity index (χ3v) is 4.97. The number of hydrogen-bond acceptors (Lipinski definition) is 4. The Hall–Kier alpha value is -0.790. The van der Waals surface area contributed by atoms with Crippen molar-refractivity contribution in [1.82, 2.24) is 0 Å². The van der Waals surface area contributed by atoms with E-state index in [1.165, 1.54) is 25.2 Å². The van der Waals surface area contributed by atoms with Crippen LogP contribution in [0.2, 0.25) is 0 Å². The summed E-state index contributed by atoms with van der Waals surface area (Å²) in [6.07, 6.45) is 1.06. The van der Waals surface area contributed by atoms with E-state index in [1.807, 2.05) is 0 Å². The third kappa shape index (κ3) is 3.34. The van der Waals surface area contributed by atoms with Gasteiger partial charge >= 0.3 is 0 Å². The van der Waals surface area contributed by atoms with Crippen molar-refractivity contribution in [3.05, 3.63) is 23.8 Å². The molecular formula is C9H12ClNO4S2. The van der Waals surface area contributed by atoms with Crippen LogP contribution < -0.4 is 4.31 Å². The van der Waals surface area contributed by atoms with E-state index >= 15 is 0 Å². The second kappa shape index (κ2) is 4.47. The predicted octanol–water partition coefficient (Wildman–Crippen LogP) is 1.32. The van der Waals surface area contributed by atoms with E-state index in [4.69, 9.17) is 10.7 Å². The molecule has 17 heavy (non-hydrogen) atoms. The first kappa shape index (κ1) is 14.3. The molecule has 0 fully saturated rings. The summed E-state index contributed by atoms with van der Waals surface area (Å²) in [5.74, 6) is 0. The lowest BCUT2D eigenvalue weighted by atomic mass is 10.2. The first-order valence-electron chi connectivity index (χ1n) is 4.52. The van der Waals surface area contributed by atoms with E-state index in [2.05, 4.69) is 0 Å². The minimum Gasteiger partial charge on any atom is -0.274 e. The summed E-state index contributed by atoms with van der Waals surface area (Å²) >= 11 is 0. The van der Waals surface area contributed by atoms with Gasteiger partial charge in [-0.05, 0) is 30.7 Å². The topological polar surface area (TPSA) is 71.5 Å². The Morgan fingerprint density at radius 3 is 2.06 bits per heavy atom. The van der Waals surface area contributed by atoms with Crippen LogP contribution in [-0.2, 0) is 19.1 Å². The second-order valence-electron chi connectivity index (χ2n) is 3.62. The lowest BCUT2D eigenvalue weighted by Crippen LogP contribution is -2.24. The Bertz CT molecular complexity index is 637. The van der Waals surface area contributed by atoms with Gasteiger partial charge in [-0.15, -0.1) is 0 Å². The zero-order valence-corrected chi connectivity index (χ0v) is 11.9. The summed E-state index contributed by atoms with van der Waals surface area (Å²) in [4.78, 5) is -0.0233. The standard InChI is InChI=1S/C9H12ClNO4S2/c1-7-6-8(11(2)16(3,12)13)4-5-9(7)17(10,14)15/h4-6H,1-3H3. The maximum Gasteiger partial charge on any atom is 0.261 e. The van der Waals surface area contributed by atoms with Crippen LogP contribution in [-0.4, -0.2) is 30.1 Å². The number of benzene rings is 1. The van der Waals surface area contributed by atoms with Crippen molar-refractivity contribution >= 4 is 35.4 Å². The monoisotopic (exact) mass is 297 g/mol. The van der Waals surface area contributed by atoms with Crippen LogP contribution in [0.3, 0.4) is 0 Å². The molecule has 0 bridgehead atoms. The van der Waals surface area contributed by atoms with Gasteiger partial charge in [0.1, 0.15) is 0 Å². The molecule has 0 radical (unpaired) electrons. The molecule has 0 heterocycles. The molecule has 5 nitrogen and oxygen atoms in total. The third-order valence-electron chi connectivity index (χ3n) is 2.28. The summed E-state index contributed by atoms with van der Waals surface area (Å²) in [6.45, 7) is 1.55. The Morgan fingerprint density at radius 2 is 1.71 bits per heavy atom. The number of hydrogen-bond donors (Lipinski definition) is 0.